The Morgan fingerprint density at radius 3 is 2.22 bits per heavy atom. The van der Waals surface area contributed by atoms with Gasteiger partial charge in [-0.1, -0.05) is 45.0 Å². The zero-order valence-corrected chi connectivity index (χ0v) is 27.0. The lowest BCUT2D eigenvalue weighted by Gasteiger charge is -2.20. The van der Waals surface area contributed by atoms with E-state index in [1.54, 1.807) is 37.5 Å². The molecule has 2 N–H and O–H groups in total. The van der Waals surface area contributed by atoms with Crippen molar-refractivity contribution in [1.29, 1.82) is 0 Å². The van der Waals surface area contributed by atoms with Crippen molar-refractivity contribution in [2.45, 2.75) is 39.5 Å². The third-order valence-corrected chi connectivity index (χ3v) is 8.34. The highest BCUT2D eigenvalue weighted by molar-refractivity contribution is 6.05. The number of nitrogens with one attached hydrogen (secondary N) is 2. The van der Waals surface area contributed by atoms with E-state index in [2.05, 4.69) is 48.3 Å². The van der Waals surface area contributed by atoms with Crippen LogP contribution in [0.3, 0.4) is 0 Å². The van der Waals surface area contributed by atoms with Gasteiger partial charge in [-0.25, -0.2) is 4.98 Å². The van der Waals surface area contributed by atoms with Gasteiger partial charge in [-0.15, -0.1) is 0 Å². The SMILES string of the molecule is Cc1c(NC(=O)c2ccc(C(C)(C)C)cc2)cccc1-c1cn(C)c(=O)c(Nc2ccc(C(=O)N3CCCN(C)CC3)cc2)n1. The molecule has 1 aliphatic rings. The molecule has 0 atom stereocenters. The van der Waals surface area contributed by atoms with E-state index in [-0.39, 0.29) is 28.6 Å². The molecule has 1 aliphatic heterocycles. The molecule has 5 rings (SSSR count). The van der Waals surface area contributed by atoms with Gasteiger partial charge in [0.05, 0.1) is 5.69 Å². The molecule has 1 saturated heterocycles. The van der Waals surface area contributed by atoms with Crippen LogP contribution >= 0.6 is 0 Å². The standard InChI is InChI=1S/C36H42N6O3/c1-24-29(9-7-10-30(24)39-33(43)25-11-15-27(16-12-25)36(2,3)4)31-23-41(6)35(45)32(38-31)37-28-17-13-26(14-18-28)34(44)42-20-8-19-40(5)21-22-42/h7,9-18,23H,8,19-22H2,1-6H3,(H,37,38)(H,39,43). The molecule has 0 unspecified atom stereocenters. The van der Waals surface area contributed by atoms with Crippen LogP contribution in [0.1, 0.15) is 59.0 Å². The second kappa shape index (κ2) is 13.1. The Morgan fingerprint density at radius 1 is 0.844 bits per heavy atom. The number of hydrogen-bond acceptors (Lipinski definition) is 6. The molecule has 3 aromatic carbocycles. The summed E-state index contributed by atoms with van der Waals surface area (Å²) in [5.41, 5.74) is 5.59. The number of aryl methyl sites for hydroxylation is 1. The average molecular weight is 607 g/mol. The maximum atomic E-state index is 13.1. The van der Waals surface area contributed by atoms with Crippen LogP contribution in [0.2, 0.25) is 0 Å². The van der Waals surface area contributed by atoms with Crippen molar-refractivity contribution >= 4 is 29.0 Å². The van der Waals surface area contributed by atoms with E-state index in [4.69, 9.17) is 0 Å². The van der Waals surface area contributed by atoms with E-state index in [0.29, 0.717) is 34.7 Å². The minimum Gasteiger partial charge on any atom is -0.337 e. The number of hydrogen-bond donors (Lipinski definition) is 2. The molecule has 1 fully saturated rings. The van der Waals surface area contributed by atoms with Crippen LogP contribution in [0.15, 0.2) is 77.7 Å². The summed E-state index contributed by atoms with van der Waals surface area (Å²) >= 11 is 0. The number of likely N-dealkylation sites (N-methyl/N-ethyl adjacent to an activating group) is 1. The van der Waals surface area contributed by atoms with Gasteiger partial charge in [0, 0.05) is 60.9 Å². The van der Waals surface area contributed by atoms with Gasteiger partial charge >= 0.3 is 0 Å². The average Bonchev–Trinajstić information content (AvgIpc) is 3.24. The summed E-state index contributed by atoms with van der Waals surface area (Å²) in [5.74, 6) is -0.0220. The molecule has 45 heavy (non-hydrogen) atoms. The fourth-order valence-electron chi connectivity index (χ4n) is 5.45. The third-order valence-electron chi connectivity index (χ3n) is 8.34. The van der Waals surface area contributed by atoms with Crippen LogP contribution in [-0.2, 0) is 12.5 Å². The molecule has 0 saturated carbocycles. The van der Waals surface area contributed by atoms with E-state index in [9.17, 15) is 14.4 Å². The van der Waals surface area contributed by atoms with Gasteiger partial charge in [0.25, 0.3) is 17.4 Å². The van der Waals surface area contributed by atoms with Crippen molar-refractivity contribution in [2.75, 3.05) is 43.9 Å². The second-order valence-corrected chi connectivity index (χ2v) is 12.8. The summed E-state index contributed by atoms with van der Waals surface area (Å²) < 4.78 is 1.49. The van der Waals surface area contributed by atoms with Gasteiger partial charge in [-0.2, -0.15) is 0 Å². The van der Waals surface area contributed by atoms with Gasteiger partial charge in [-0.3, -0.25) is 14.4 Å². The molecule has 0 radical (unpaired) electrons. The van der Waals surface area contributed by atoms with E-state index in [1.807, 2.05) is 54.3 Å². The number of carbonyl (C=O) groups is 2. The molecule has 234 valence electrons. The van der Waals surface area contributed by atoms with Crippen molar-refractivity contribution in [3.05, 3.63) is 106 Å². The lowest BCUT2D eigenvalue weighted by atomic mass is 9.86. The van der Waals surface area contributed by atoms with Crippen molar-refractivity contribution < 1.29 is 9.59 Å². The maximum Gasteiger partial charge on any atom is 0.293 e. The maximum absolute atomic E-state index is 13.1. The van der Waals surface area contributed by atoms with E-state index >= 15 is 0 Å². The van der Waals surface area contributed by atoms with E-state index in [1.165, 1.54) is 4.57 Å². The smallest absolute Gasteiger partial charge is 0.293 e. The molecular formula is C36H42N6O3. The Morgan fingerprint density at radius 2 is 1.53 bits per heavy atom. The lowest BCUT2D eigenvalue weighted by Crippen LogP contribution is -2.34. The molecule has 9 nitrogen and oxygen atoms in total. The normalized spacial score (nSPS) is 14.1. The number of anilines is 3. The quantitative estimate of drug-likeness (QED) is 0.287. The lowest BCUT2D eigenvalue weighted by molar-refractivity contribution is 0.0762. The fourth-order valence-corrected chi connectivity index (χ4v) is 5.45. The highest BCUT2D eigenvalue weighted by Gasteiger charge is 2.20. The topological polar surface area (TPSA) is 99.6 Å². The predicted octanol–water partition coefficient (Wildman–Crippen LogP) is 5.83. The predicted molar refractivity (Wildman–Crippen MR) is 180 cm³/mol. The van der Waals surface area contributed by atoms with Gasteiger partial charge in [0.1, 0.15) is 0 Å². The van der Waals surface area contributed by atoms with Crippen molar-refractivity contribution in [3.8, 4) is 11.3 Å². The van der Waals surface area contributed by atoms with Gasteiger partial charge in [0.15, 0.2) is 5.82 Å². The van der Waals surface area contributed by atoms with Crippen LogP contribution in [-0.4, -0.2) is 64.4 Å². The molecule has 0 aliphatic carbocycles. The Kier molecular flexibility index (Phi) is 9.20. The van der Waals surface area contributed by atoms with E-state index < -0.39 is 0 Å². The molecule has 0 spiro atoms. The van der Waals surface area contributed by atoms with Crippen molar-refractivity contribution in [3.63, 3.8) is 0 Å². The van der Waals surface area contributed by atoms with Crippen molar-refractivity contribution in [2.24, 2.45) is 7.05 Å². The van der Waals surface area contributed by atoms with Crippen LogP contribution in [0.25, 0.3) is 11.3 Å². The Bertz CT molecular complexity index is 1750. The first-order valence-electron chi connectivity index (χ1n) is 15.3. The molecule has 1 aromatic heterocycles. The molecule has 4 aromatic rings. The van der Waals surface area contributed by atoms with Gasteiger partial charge in [-0.05, 0) is 85.9 Å². The fraction of sp³-hybridized carbons (Fsp3) is 0.333. The first-order chi connectivity index (χ1) is 21.4. The summed E-state index contributed by atoms with van der Waals surface area (Å²) in [6, 6.07) is 20.4. The monoisotopic (exact) mass is 606 g/mol. The highest BCUT2D eigenvalue weighted by atomic mass is 16.2. The highest BCUT2D eigenvalue weighted by Crippen LogP contribution is 2.29. The third kappa shape index (κ3) is 7.32. The zero-order valence-electron chi connectivity index (χ0n) is 27.0. The van der Waals surface area contributed by atoms with Crippen molar-refractivity contribution in [1.82, 2.24) is 19.4 Å². The summed E-state index contributed by atoms with van der Waals surface area (Å²) in [6.07, 6.45) is 2.64. The number of aromatic nitrogens is 2. The minimum absolute atomic E-state index is 0.00300. The molecular weight excluding hydrogens is 564 g/mol. The van der Waals surface area contributed by atoms with Gasteiger partial charge < -0.3 is 25.0 Å². The van der Waals surface area contributed by atoms with Crippen LogP contribution in [0.4, 0.5) is 17.2 Å². The molecule has 0 bridgehead atoms. The number of nitrogens with zero attached hydrogens (tertiary/aromatic N) is 4. The summed E-state index contributed by atoms with van der Waals surface area (Å²) in [4.78, 5) is 48.1. The Hall–Kier alpha value is -4.76. The first kappa shape index (κ1) is 31.7. The van der Waals surface area contributed by atoms with Crippen LogP contribution in [0.5, 0.6) is 0 Å². The van der Waals surface area contributed by atoms with Gasteiger partial charge in [0.2, 0.25) is 0 Å². The first-order valence-corrected chi connectivity index (χ1v) is 15.3. The Labute approximate surface area is 264 Å². The number of amides is 2. The summed E-state index contributed by atoms with van der Waals surface area (Å²) in [5, 5.41) is 6.18. The largest absolute Gasteiger partial charge is 0.337 e. The second-order valence-electron chi connectivity index (χ2n) is 12.8. The number of carbonyl (C=O) groups excluding carboxylic acids is 2. The summed E-state index contributed by atoms with van der Waals surface area (Å²) in [7, 11) is 3.76. The molecule has 2 heterocycles. The zero-order chi connectivity index (χ0) is 32.3. The molecule has 2 amide bonds. The minimum atomic E-state index is -0.284. The Balaban J connectivity index is 1.34. The van der Waals surface area contributed by atoms with Crippen LogP contribution in [0, 0.1) is 6.92 Å². The number of benzene rings is 3. The van der Waals surface area contributed by atoms with Crippen LogP contribution < -0.4 is 16.2 Å². The number of rotatable bonds is 6. The summed E-state index contributed by atoms with van der Waals surface area (Å²) in [6.45, 7) is 11.6. The van der Waals surface area contributed by atoms with E-state index in [0.717, 1.165) is 42.7 Å². The molecule has 9 heteroatoms.